The molecule has 4 nitrogen and oxygen atoms in total. The zero-order valence-electron chi connectivity index (χ0n) is 14.2. The SMILES string of the molecule is O=C(c1cc2c(s1)-c1ccccc1OC2)N1CC[C@@H]2CNC[C@@H]2CC1. The normalized spacial score (nSPS) is 24.7. The molecule has 4 heterocycles. The highest BCUT2D eigenvalue weighted by Crippen LogP contribution is 2.42. The molecule has 2 aromatic rings. The van der Waals surface area contributed by atoms with E-state index in [0.29, 0.717) is 6.61 Å². The van der Waals surface area contributed by atoms with Crippen molar-refractivity contribution in [3.8, 4) is 16.2 Å². The van der Waals surface area contributed by atoms with Crippen LogP contribution in [0.2, 0.25) is 0 Å². The number of hydrogen-bond acceptors (Lipinski definition) is 4. The summed E-state index contributed by atoms with van der Waals surface area (Å²) < 4.78 is 5.83. The van der Waals surface area contributed by atoms with Crippen molar-refractivity contribution in [1.29, 1.82) is 0 Å². The second-order valence-electron chi connectivity index (χ2n) is 7.30. The average molecular weight is 354 g/mol. The summed E-state index contributed by atoms with van der Waals surface area (Å²) >= 11 is 1.62. The molecule has 2 atom stereocenters. The summed E-state index contributed by atoms with van der Waals surface area (Å²) in [4.78, 5) is 17.2. The van der Waals surface area contributed by atoms with Crippen molar-refractivity contribution in [1.82, 2.24) is 10.2 Å². The highest BCUT2D eigenvalue weighted by atomic mass is 32.1. The van der Waals surface area contributed by atoms with E-state index < -0.39 is 0 Å². The molecule has 2 fully saturated rings. The first kappa shape index (κ1) is 15.4. The van der Waals surface area contributed by atoms with Gasteiger partial charge in [0.1, 0.15) is 12.4 Å². The summed E-state index contributed by atoms with van der Waals surface area (Å²) in [5, 5.41) is 3.49. The Morgan fingerprint density at radius 2 is 1.92 bits per heavy atom. The highest BCUT2D eigenvalue weighted by molar-refractivity contribution is 7.17. The molecule has 2 saturated heterocycles. The molecule has 1 N–H and O–H groups in total. The van der Waals surface area contributed by atoms with Crippen molar-refractivity contribution in [3.05, 3.63) is 40.8 Å². The average Bonchev–Trinajstić information content (AvgIpc) is 3.24. The van der Waals surface area contributed by atoms with Gasteiger partial charge in [0.2, 0.25) is 0 Å². The van der Waals surface area contributed by atoms with Gasteiger partial charge < -0.3 is 15.0 Å². The lowest BCUT2D eigenvalue weighted by atomic mass is 9.92. The molecule has 3 aliphatic rings. The van der Waals surface area contributed by atoms with Crippen molar-refractivity contribution in [2.75, 3.05) is 26.2 Å². The van der Waals surface area contributed by atoms with Gasteiger partial charge in [0.05, 0.1) is 4.88 Å². The predicted molar refractivity (Wildman–Crippen MR) is 99.1 cm³/mol. The number of ether oxygens (including phenoxy) is 1. The van der Waals surface area contributed by atoms with Gasteiger partial charge in [-0.2, -0.15) is 0 Å². The molecular formula is C20H22N2O2S. The minimum absolute atomic E-state index is 0.199. The van der Waals surface area contributed by atoms with Gasteiger partial charge >= 0.3 is 0 Å². The molecule has 0 spiro atoms. The molecule has 1 amide bonds. The predicted octanol–water partition coefficient (Wildman–Crippen LogP) is 3.38. The highest BCUT2D eigenvalue weighted by Gasteiger charge is 2.32. The maximum atomic E-state index is 13.1. The minimum atomic E-state index is 0.199. The quantitative estimate of drug-likeness (QED) is 0.854. The topological polar surface area (TPSA) is 41.6 Å². The van der Waals surface area contributed by atoms with Crippen molar-refractivity contribution in [2.24, 2.45) is 11.8 Å². The fourth-order valence-electron chi connectivity index (χ4n) is 4.38. The van der Waals surface area contributed by atoms with E-state index in [0.717, 1.165) is 72.6 Å². The molecular weight excluding hydrogens is 332 g/mol. The van der Waals surface area contributed by atoms with Crippen LogP contribution in [-0.4, -0.2) is 37.0 Å². The Kier molecular flexibility index (Phi) is 3.79. The molecule has 1 aromatic heterocycles. The molecule has 5 heteroatoms. The van der Waals surface area contributed by atoms with Crippen LogP contribution in [0.4, 0.5) is 0 Å². The van der Waals surface area contributed by atoms with Gasteiger partial charge in [0, 0.05) is 29.1 Å². The molecule has 1 aromatic carbocycles. The Hall–Kier alpha value is -1.85. The zero-order valence-corrected chi connectivity index (χ0v) is 15.0. The largest absolute Gasteiger partial charge is 0.488 e. The van der Waals surface area contributed by atoms with E-state index in [2.05, 4.69) is 16.3 Å². The smallest absolute Gasteiger partial charge is 0.263 e. The second kappa shape index (κ2) is 6.15. The monoisotopic (exact) mass is 354 g/mol. The number of fused-ring (bicyclic) bond motifs is 4. The van der Waals surface area contributed by atoms with Gasteiger partial charge in [-0.3, -0.25) is 4.79 Å². The fourth-order valence-corrected chi connectivity index (χ4v) is 5.55. The Morgan fingerprint density at radius 1 is 1.16 bits per heavy atom. The number of nitrogens with zero attached hydrogens (tertiary/aromatic N) is 1. The van der Waals surface area contributed by atoms with Crippen LogP contribution in [0.3, 0.4) is 0 Å². The summed E-state index contributed by atoms with van der Waals surface area (Å²) in [7, 11) is 0. The number of benzene rings is 1. The van der Waals surface area contributed by atoms with Crippen molar-refractivity contribution >= 4 is 17.2 Å². The molecule has 3 aliphatic heterocycles. The third kappa shape index (κ3) is 2.66. The number of carbonyl (C=O) groups excluding carboxylic acids is 1. The van der Waals surface area contributed by atoms with Crippen LogP contribution in [-0.2, 0) is 6.61 Å². The van der Waals surface area contributed by atoms with Crippen molar-refractivity contribution < 1.29 is 9.53 Å². The van der Waals surface area contributed by atoms with E-state index in [1.165, 1.54) is 4.88 Å². The van der Waals surface area contributed by atoms with E-state index in [4.69, 9.17) is 4.74 Å². The summed E-state index contributed by atoms with van der Waals surface area (Å²) in [5.41, 5.74) is 2.26. The van der Waals surface area contributed by atoms with Crippen LogP contribution in [0.15, 0.2) is 30.3 Å². The van der Waals surface area contributed by atoms with E-state index >= 15 is 0 Å². The van der Waals surface area contributed by atoms with Crippen LogP contribution in [0.25, 0.3) is 10.4 Å². The fraction of sp³-hybridized carbons (Fsp3) is 0.450. The van der Waals surface area contributed by atoms with Crippen molar-refractivity contribution in [2.45, 2.75) is 19.4 Å². The maximum Gasteiger partial charge on any atom is 0.263 e. The standard InChI is InChI=1S/C20H22N2O2S/c23-20(22-7-5-13-10-21-11-14(13)6-8-22)18-9-15-12-24-17-4-2-1-3-16(17)19(15)25-18/h1-4,9,13-14,21H,5-8,10-12H2/t13-,14+. The molecule has 0 bridgehead atoms. The second-order valence-corrected chi connectivity index (χ2v) is 8.35. The number of para-hydroxylation sites is 1. The van der Waals surface area contributed by atoms with Gasteiger partial charge in [-0.05, 0) is 56.0 Å². The van der Waals surface area contributed by atoms with Gasteiger partial charge in [-0.1, -0.05) is 12.1 Å². The maximum absolute atomic E-state index is 13.1. The Bertz CT molecular complexity index is 802. The van der Waals surface area contributed by atoms with Crippen molar-refractivity contribution in [3.63, 3.8) is 0 Å². The van der Waals surface area contributed by atoms with Crippen LogP contribution >= 0.6 is 11.3 Å². The summed E-state index contributed by atoms with van der Waals surface area (Å²) in [6.07, 6.45) is 2.25. The Labute approximate surface area is 151 Å². The van der Waals surface area contributed by atoms with Gasteiger partial charge in [-0.25, -0.2) is 0 Å². The van der Waals surface area contributed by atoms with E-state index in [-0.39, 0.29) is 5.91 Å². The lowest BCUT2D eigenvalue weighted by Crippen LogP contribution is -2.32. The first-order valence-corrected chi connectivity index (χ1v) is 9.96. The van der Waals surface area contributed by atoms with Crippen LogP contribution in [0.1, 0.15) is 28.1 Å². The number of rotatable bonds is 1. The van der Waals surface area contributed by atoms with Crippen LogP contribution in [0.5, 0.6) is 5.75 Å². The van der Waals surface area contributed by atoms with E-state index in [1.54, 1.807) is 11.3 Å². The lowest BCUT2D eigenvalue weighted by Gasteiger charge is -2.20. The number of amides is 1. The van der Waals surface area contributed by atoms with Crippen LogP contribution < -0.4 is 10.1 Å². The van der Waals surface area contributed by atoms with Crippen LogP contribution in [0, 0.1) is 11.8 Å². The molecule has 0 aliphatic carbocycles. The molecule has 0 radical (unpaired) electrons. The molecule has 0 saturated carbocycles. The van der Waals surface area contributed by atoms with Gasteiger partial charge in [0.25, 0.3) is 5.91 Å². The molecule has 5 rings (SSSR count). The summed E-state index contributed by atoms with van der Waals surface area (Å²) in [6.45, 7) is 4.57. The first-order chi connectivity index (χ1) is 12.3. The number of thiophene rings is 1. The molecule has 130 valence electrons. The minimum Gasteiger partial charge on any atom is -0.488 e. The third-order valence-electron chi connectivity index (χ3n) is 5.84. The Morgan fingerprint density at radius 3 is 2.72 bits per heavy atom. The third-order valence-corrected chi connectivity index (χ3v) is 7.04. The summed E-state index contributed by atoms with van der Waals surface area (Å²) in [6, 6.07) is 10.2. The number of carbonyl (C=O) groups is 1. The number of hydrogen-bond donors (Lipinski definition) is 1. The molecule has 25 heavy (non-hydrogen) atoms. The van der Waals surface area contributed by atoms with E-state index in [9.17, 15) is 4.79 Å². The zero-order chi connectivity index (χ0) is 16.8. The Balaban J connectivity index is 1.39. The number of likely N-dealkylation sites (tertiary alicyclic amines) is 1. The number of nitrogens with one attached hydrogen (secondary N) is 1. The van der Waals surface area contributed by atoms with Gasteiger partial charge in [0.15, 0.2) is 0 Å². The summed E-state index contributed by atoms with van der Waals surface area (Å²) in [5.74, 6) is 2.61. The lowest BCUT2D eigenvalue weighted by molar-refractivity contribution is 0.0763. The van der Waals surface area contributed by atoms with E-state index in [1.807, 2.05) is 24.3 Å². The van der Waals surface area contributed by atoms with Gasteiger partial charge in [-0.15, -0.1) is 11.3 Å². The molecule has 0 unspecified atom stereocenters. The first-order valence-electron chi connectivity index (χ1n) is 9.14.